The molecule has 0 atom stereocenters. The monoisotopic (exact) mass is 314 g/mol. The van der Waals surface area contributed by atoms with Gasteiger partial charge in [-0.1, -0.05) is 22.0 Å². The second kappa shape index (κ2) is 6.49. The fraction of sp³-hybridized carbons (Fsp3) is 0.417. The number of nitrogens with zero attached hydrogens (tertiary/aromatic N) is 2. The van der Waals surface area contributed by atoms with Crippen LogP contribution in [0.25, 0.3) is 0 Å². The van der Waals surface area contributed by atoms with Gasteiger partial charge in [0.1, 0.15) is 0 Å². The first-order valence-corrected chi connectivity index (χ1v) is 6.71. The number of nitro benzene ring substituents is 1. The average molecular weight is 315 g/mol. The largest absolute Gasteiger partial charge is 0.335 e. The highest BCUT2D eigenvalue weighted by Crippen LogP contribution is 2.16. The van der Waals surface area contributed by atoms with E-state index in [1.165, 1.54) is 18.2 Å². The van der Waals surface area contributed by atoms with Gasteiger partial charge in [0.25, 0.3) is 11.6 Å². The maximum atomic E-state index is 12.2. The highest BCUT2D eigenvalue weighted by Gasteiger charge is 2.19. The molecule has 0 radical (unpaired) electrons. The van der Waals surface area contributed by atoms with Gasteiger partial charge < -0.3 is 4.90 Å². The van der Waals surface area contributed by atoms with E-state index in [-0.39, 0.29) is 17.6 Å². The van der Waals surface area contributed by atoms with Crippen molar-refractivity contribution in [1.29, 1.82) is 0 Å². The summed E-state index contributed by atoms with van der Waals surface area (Å²) in [6.45, 7) is 4.40. The van der Waals surface area contributed by atoms with Gasteiger partial charge in [0.2, 0.25) is 0 Å². The van der Waals surface area contributed by atoms with Gasteiger partial charge in [0.05, 0.1) is 4.92 Å². The van der Waals surface area contributed by atoms with Crippen LogP contribution in [0.4, 0.5) is 5.69 Å². The van der Waals surface area contributed by atoms with Crippen molar-refractivity contribution in [3.8, 4) is 0 Å². The first kappa shape index (κ1) is 14.6. The minimum atomic E-state index is -0.499. The lowest BCUT2D eigenvalue weighted by molar-refractivity contribution is -0.384. The molecule has 1 amide bonds. The second-order valence-corrected chi connectivity index (χ2v) is 4.88. The van der Waals surface area contributed by atoms with Gasteiger partial charge in [-0.2, -0.15) is 0 Å². The van der Waals surface area contributed by atoms with Crippen molar-refractivity contribution in [3.05, 3.63) is 39.9 Å². The molecule has 5 nitrogen and oxygen atoms in total. The van der Waals surface area contributed by atoms with Crippen molar-refractivity contribution in [2.24, 2.45) is 0 Å². The molecule has 0 bridgehead atoms. The topological polar surface area (TPSA) is 63.5 Å². The first-order valence-electron chi connectivity index (χ1n) is 5.58. The average Bonchev–Trinajstić information content (AvgIpc) is 2.35. The number of non-ortho nitro benzene ring substituents is 1. The number of carbonyl (C=O) groups excluding carboxylic acids is 1. The summed E-state index contributed by atoms with van der Waals surface area (Å²) in [5, 5.41) is 11.4. The van der Waals surface area contributed by atoms with Crippen LogP contribution in [0, 0.1) is 10.1 Å². The molecule has 0 aromatic heterocycles. The molecule has 0 saturated carbocycles. The molecule has 0 N–H and O–H groups in total. The Morgan fingerprint density at radius 2 is 2.17 bits per heavy atom. The van der Waals surface area contributed by atoms with Crippen LogP contribution in [-0.4, -0.2) is 33.6 Å². The van der Waals surface area contributed by atoms with E-state index < -0.39 is 4.92 Å². The molecule has 6 heteroatoms. The number of hydrogen-bond acceptors (Lipinski definition) is 3. The number of amides is 1. The molecule has 0 spiro atoms. The predicted molar refractivity (Wildman–Crippen MR) is 73.1 cm³/mol. The Morgan fingerprint density at radius 1 is 1.50 bits per heavy atom. The van der Waals surface area contributed by atoms with Crippen LogP contribution in [0.5, 0.6) is 0 Å². The number of carbonyl (C=O) groups is 1. The summed E-state index contributed by atoms with van der Waals surface area (Å²) in [5.74, 6) is -0.187. The molecule has 1 aromatic rings. The van der Waals surface area contributed by atoms with Crippen molar-refractivity contribution in [2.75, 3.05) is 11.9 Å². The van der Waals surface area contributed by atoms with Gasteiger partial charge in [-0.05, 0) is 19.9 Å². The Bertz CT molecular complexity index is 449. The van der Waals surface area contributed by atoms with Crippen LogP contribution in [0.1, 0.15) is 24.2 Å². The summed E-state index contributed by atoms with van der Waals surface area (Å²) >= 11 is 3.29. The Labute approximate surface area is 114 Å². The van der Waals surface area contributed by atoms with E-state index >= 15 is 0 Å². The first-order chi connectivity index (χ1) is 8.47. The molecule has 0 fully saturated rings. The van der Waals surface area contributed by atoms with E-state index in [0.717, 1.165) is 0 Å². The summed E-state index contributed by atoms with van der Waals surface area (Å²) < 4.78 is 0. The standard InChI is InChI=1S/C12H15BrN2O3/c1-9(2)14(7-6-13)12(16)10-4-3-5-11(8-10)15(17)18/h3-5,8-9H,6-7H2,1-2H3. The van der Waals surface area contributed by atoms with Crippen molar-refractivity contribution >= 4 is 27.5 Å². The molecule has 0 unspecified atom stereocenters. The quantitative estimate of drug-likeness (QED) is 0.477. The second-order valence-electron chi connectivity index (χ2n) is 4.09. The van der Waals surface area contributed by atoms with Gasteiger partial charge in [0, 0.05) is 35.6 Å². The number of benzene rings is 1. The van der Waals surface area contributed by atoms with Gasteiger partial charge in [-0.3, -0.25) is 14.9 Å². The lowest BCUT2D eigenvalue weighted by atomic mass is 10.1. The van der Waals surface area contributed by atoms with Gasteiger partial charge in [0.15, 0.2) is 0 Å². The highest BCUT2D eigenvalue weighted by molar-refractivity contribution is 9.09. The Hall–Kier alpha value is -1.43. The summed E-state index contributed by atoms with van der Waals surface area (Å²) in [5.41, 5.74) is 0.280. The molecule has 1 aromatic carbocycles. The minimum Gasteiger partial charge on any atom is -0.335 e. The SMILES string of the molecule is CC(C)N(CCBr)C(=O)c1cccc([N+](=O)[O-])c1. The summed E-state index contributed by atoms with van der Waals surface area (Å²) in [7, 11) is 0. The molecule has 0 aliphatic rings. The maximum Gasteiger partial charge on any atom is 0.270 e. The van der Waals surface area contributed by atoms with Crippen molar-refractivity contribution in [3.63, 3.8) is 0 Å². The van der Waals surface area contributed by atoms with E-state index in [4.69, 9.17) is 0 Å². The number of rotatable bonds is 5. The zero-order valence-corrected chi connectivity index (χ0v) is 11.9. The van der Waals surface area contributed by atoms with E-state index in [2.05, 4.69) is 15.9 Å². The fourth-order valence-electron chi connectivity index (χ4n) is 1.60. The number of alkyl halides is 1. The normalized spacial score (nSPS) is 10.4. The lowest BCUT2D eigenvalue weighted by Crippen LogP contribution is -2.38. The molecular weight excluding hydrogens is 300 g/mol. The van der Waals surface area contributed by atoms with Crippen LogP contribution < -0.4 is 0 Å². The molecule has 0 aliphatic heterocycles. The zero-order valence-electron chi connectivity index (χ0n) is 10.3. The third-order valence-electron chi connectivity index (χ3n) is 2.51. The van der Waals surface area contributed by atoms with Crippen molar-refractivity contribution < 1.29 is 9.72 Å². The summed E-state index contributed by atoms with van der Waals surface area (Å²) in [4.78, 5) is 24.1. The van der Waals surface area contributed by atoms with Crippen LogP contribution in [0.3, 0.4) is 0 Å². The predicted octanol–water partition coefficient (Wildman–Crippen LogP) is 2.84. The maximum absolute atomic E-state index is 12.2. The molecule has 0 heterocycles. The molecule has 0 saturated heterocycles. The van der Waals surface area contributed by atoms with E-state index in [0.29, 0.717) is 17.4 Å². The van der Waals surface area contributed by atoms with E-state index in [9.17, 15) is 14.9 Å². The third kappa shape index (κ3) is 3.53. The minimum absolute atomic E-state index is 0.0503. The highest BCUT2D eigenvalue weighted by atomic mass is 79.9. The molecule has 18 heavy (non-hydrogen) atoms. The molecular formula is C12H15BrN2O3. The Morgan fingerprint density at radius 3 is 2.67 bits per heavy atom. The smallest absolute Gasteiger partial charge is 0.270 e. The van der Waals surface area contributed by atoms with Gasteiger partial charge in [-0.15, -0.1) is 0 Å². The van der Waals surface area contributed by atoms with Crippen molar-refractivity contribution in [2.45, 2.75) is 19.9 Å². The van der Waals surface area contributed by atoms with Crippen molar-refractivity contribution in [1.82, 2.24) is 4.90 Å². The zero-order chi connectivity index (χ0) is 13.7. The Kier molecular flexibility index (Phi) is 5.27. The molecule has 1 rings (SSSR count). The van der Waals surface area contributed by atoms with Crippen LogP contribution in [0.15, 0.2) is 24.3 Å². The third-order valence-corrected chi connectivity index (χ3v) is 2.87. The molecule has 0 aliphatic carbocycles. The summed E-state index contributed by atoms with van der Waals surface area (Å²) in [6.07, 6.45) is 0. The van der Waals surface area contributed by atoms with Crippen LogP contribution >= 0.6 is 15.9 Å². The van der Waals surface area contributed by atoms with E-state index in [1.54, 1.807) is 11.0 Å². The molecule has 98 valence electrons. The number of hydrogen-bond donors (Lipinski definition) is 0. The van der Waals surface area contributed by atoms with Crippen LogP contribution in [-0.2, 0) is 0 Å². The van der Waals surface area contributed by atoms with Gasteiger partial charge >= 0.3 is 0 Å². The number of halogens is 1. The Balaban J connectivity index is 3.01. The van der Waals surface area contributed by atoms with Gasteiger partial charge in [-0.25, -0.2) is 0 Å². The van der Waals surface area contributed by atoms with Crippen LogP contribution in [0.2, 0.25) is 0 Å². The van der Waals surface area contributed by atoms with E-state index in [1.807, 2.05) is 13.8 Å². The number of nitro groups is 1. The lowest BCUT2D eigenvalue weighted by Gasteiger charge is -2.25. The fourth-order valence-corrected chi connectivity index (χ4v) is 1.99. The summed E-state index contributed by atoms with van der Waals surface area (Å²) in [6, 6.07) is 5.86.